The van der Waals surface area contributed by atoms with Crippen molar-refractivity contribution in [1.82, 2.24) is 15.1 Å². The van der Waals surface area contributed by atoms with E-state index >= 15 is 0 Å². The van der Waals surface area contributed by atoms with Gasteiger partial charge in [-0.1, -0.05) is 13.8 Å². The van der Waals surface area contributed by atoms with E-state index in [4.69, 9.17) is 0 Å². The zero-order chi connectivity index (χ0) is 13.7. The normalized spacial score (nSPS) is 14.7. The van der Waals surface area contributed by atoms with Crippen LogP contribution in [0.2, 0.25) is 0 Å². The molecule has 0 aromatic carbocycles. The monoisotopic (exact) mass is 253 g/mol. The van der Waals surface area contributed by atoms with E-state index in [-0.39, 0.29) is 6.04 Å². The van der Waals surface area contributed by atoms with Crippen molar-refractivity contribution in [3.63, 3.8) is 0 Å². The first-order valence-electron chi connectivity index (χ1n) is 6.45. The summed E-state index contributed by atoms with van der Waals surface area (Å²) in [5.41, 5.74) is 1.02. The van der Waals surface area contributed by atoms with Gasteiger partial charge in [0, 0.05) is 24.3 Å². The molecular weight excluding hydrogens is 230 g/mol. The van der Waals surface area contributed by atoms with E-state index in [1.165, 1.54) is 0 Å². The summed E-state index contributed by atoms with van der Waals surface area (Å²) in [4.78, 5) is 11.2. The molecule has 0 aliphatic heterocycles. The molecule has 0 fully saturated rings. The molecule has 1 heterocycles. The van der Waals surface area contributed by atoms with Crippen LogP contribution in [0.1, 0.15) is 45.7 Å². The zero-order valence-corrected chi connectivity index (χ0v) is 11.6. The minimum atomic E-state index is -0.793. The third-order valence-corrected chi connectivity index (χ3v) is 2.93. The van der Waals surface area contributed by atoms with Crippen molar-refractivity contribution >= 4 is 5.97 Å². The lowest BCUT2D eigenvalue weighted by molar-refractivity contribution is -0.140. The number of carbonyl (C=O) groups is 1. The molecule has 0 spiro atoms. The second-order valence-electron chi connectivity index (χ2n) is 5.04. The Kier molecular flexibility index (Phi) is 5.34. The van der Waals surface area contributed by atoms with E-state index in [0.29, 0.717) is 12.3 Å². The van der Waals surface area contributed by atoms with E-state index in [1.807, 2.05) is 38.6 Å². The van der Waals surface area contributed by atoms with Crippen LogP contribution in [0.4, 0.5) is 0 Å². The number of hydrogen-bond acceptors (Lipinski definition) is 3. The fraction of sp³-hybridized carbons (Fsp3) is 0.692. The van der Waals surface area contributed by atoms with Gasteiger partial charge >= 0.3 is 5.97 Å². The quantitative estimate of drug-likeness (QED) is 0.780. The predicted molar refractivity (Wildman–Crippen MR) is 70.3 cm³/mol. The van der Waals surface area contributed by atoms with Gasteiger partial charge < -0.3 is 5.11 Å². The lowest BCUT2D eigenvalue weighted by Crippen LogP contribution is -2.39. The summed E-state index contributed by atoms with van der Waals surface area (Å²) in [7, 11) is 0. The second-order valence-corrected chi connectivity index (χ2v) is 5.04. The molecule has 0 bridgehead atoms. The molecule has 102 valence electrons. The summed E-state index contributed by atoms with van der Waals surface area (Å²) >= 11 is 0. The van der Waals surface area contributed by atoms with Crippen molar-refractivity contribution in [2.75, 3.05) is 0 Å². The van der Waals surface area contributed by atoms with E-state index in [0.717, 1.165) is 12.1 Å². The number of rotatable bonds is 7. The number of aliphatic carboxylic acids is 1. The molecule has 0 saturated heterocycles. The first-order valence-corrected chi connectivity index (χ1v) is 6.45. The molecule has 0 amide bonds. The van der Waals surface area contributed by atoms with Gasteiger partial charge in [0.05, 0.1) is 6.20 Å². The average Bonchev–Trinajstić information content (AvgIpc) is 2.75. The summed E-state index contributed by atoms with van der Waals surface area (Å²) in [5.74, 6) is -0.442. The Balaban J connectivity index is 2.65. The standard InChI is InChI=1S/C13H23N3O2/c1-5-16-8-11(7-14-16)10(4)15-12(13(17)18)6-9(2)3/h7-10,12,15H,5-6H2,1-4H3,(H,17,18). The highest BCUT2D eigenvalue weighted by Gasteiger charge is 2.21. The highest BCUT2D eigenvalue weighted by molar-refractivity contribution is 5.73. The van der Waals surface area contributed by atoms with Gasteiger partial charge in [-0.25, -0.2) is 0 Å². The molecule has 2 N–H and O–H groups in total. The SMILES string of the molecule is CCn1cc(C(C)NC(CC(C)C)C(=O)O)cn1. The molecule has 5 heteroatoms. The molecule has 0 radical (unpaired) electrons. The summed E-state index contributed by atoms with van der Waals surface area (Å²) in [6.07, 6.45) is 4.36. The lowest BCUT2D eigenvalue weighted by Gasteiger charge is -2.20. The molecule has 1 aromatic rings. The van der Waals surface area contributed by atoms with Crippen LogP contribution in [0.5, 0.6) is 0 Å². The Morgan fingerprint density at radius 3 is 2.61 bits per heavy atom. The average molecular weight is 253 g/mol. The smallest absolute Gasteiger partial charge is 0.320 e. The van der Waals surface area contributed by atoms with Gasteiger partial charge in [-0.05, 0) is 26.2 Å². The highest BCUT2D eigenvalue weighted by atomic mass is 16.4. The molecule has 1 rings (SSSR count). The number of hydrogen-bond donors (Lipinski definition) is 2. The fourth-order valence-electron chi connectivity index (χ4n) is 1.89. The van der Waals surface area contributed by atoms with Crippen molar-refractivity contribution in [1.29, 1.82) is 0 Å². The van der Waals surface area contributed by atoms with Crippen LogP contribution in [0.3, 0.4) is 0 Å². The molecular formula is C13H23N3O2. The third-order valence-electron chi connectivity index (χ3n) is 2.93. The number of aryl methyl sites for hydroxylation is 1. The van der Waals surface area contributed by atoms with Gasteiger partial charge in [0.25, 0.3) is 0 Å². The van der Waals surface area contributed by atoms with Crippen molar-refractivity contribution < 1.29 is 9.90 Å². The number of carboxylic acids is 1. The first kappa shape index (κ1) is 14.7. The van der Waals surface area contributed by atoms with Crippen LogP contribution in [-0.2, 0) is 11.3 Å². The second kappa shape index (κ2) is 6.54. The van der Waals surface area contributed by atoms with Crippen LogP contribution < -0.4 is 5.32 Å². The van der Waals surface area contributed by atoms with Crippen LogP contribution in [0, 0.1) is 5.92 Å². The molecule has 18 heavy (non-hydrogen) atoms. The van der Waals surface area contributed by atoms with Crippen LogP contribution in [0.15, 0.2) is 12.4 Å². The van der Waals surface area contributed by atoms with Crippen molar-refractivity contribution in [3.05, 3.63) is 18.0 Å². The van der Waals surface area contributed by atoms with Gasteiger partial charge in [-0.2, -0.15) is 5.10 Å². The summed E-state index contributed by atoms with van der Waals surface area (Å²) < 4.78 is 1.84. The van der Waals surface area contributed by atoms with E-state index in [9.17, 15) is 9.90 Å². The minimum Gasteiger partial charge on any atom is -0.480 e. The summed E-state index contributed by atoms with van der Waals surface area (Å²) in [6, 6.07) is -0.518. The lowest BCUT2D eigenvalue weighted by atomic mass is 10.0. The van der Waals surface area contributed by atoms with Gasteiger partial charge in [0.15, 0.2) is 0 Å². The minimum absolute atomic E-state index is 0.00912. The third kappa shape index (κ3) is 4.14. The van der Waals surface area contributed by atoms with Gasteiger partial charge in [-0.3, -0.25) is 14.8 Å². The largest absolute Gasteiger partial charge is 0.480 e. The van der Waals surface area contributed by atoms with E-state index in [2.05, 4.69) is 10.4 Å². The first-order chi connectivity index (χ1) is 8.43. The number of nitrogens with zero attached hydrogens (tertiary/aromatic N) is 2. The Morgan fingerprint density at radius 1 is 1.50 bits per heavy atom. The maximum absolute atomic E-state index is 11.2. The zero-order valence-electron chi connectivity index (χ0n) is 11.6. The van der Waals surface area contributed by atoms with Crippen molar-refractivity contribution in [3.8, 4) is 0 Å². The molecule has 1 aromatic heterocycles. The molecule has 2 atom stereocenters. The Hall–Kier alpha value is -1.36. The number of aromatic nitrogens is 2. The molecule has 5 nitrogen and oxygen atoms in total. The molecule has 2 unspecified atom stereocenters. The Labute approximate surface area is 108 Å². The number of nitrogens with one attached hydrogen (secondary N) is 1. The summed E-state index contributed by atoms with van der Waals surface area (Å²) in [5, 5.41) is 16.5. The van der Waals surface area contributed by atoms with Gasteiger partial charge in [-0.15, -0.1) is 0 Å². The van der Waals surface area contributed by atoms with Crippen LogP contribution in [-0.4, -0.2) is 26.9 Å². The number of carboxylic acid groups (broad SMARTS) is 1. The Morgan fingerprint density at radius 2 is 2.17 bits per heavy atom. The Bertz CT molecular complexity index is 387. The molecule has 0 aliphatic carbocycles. The maximum Gasteiger partial charge on any atom is 0.320 e. The van der Waals surface area contributed by atoms with Crippen molar-refractivity contribution in [2.24, 2.45) is 5.92 Å². The maximum atomic E-state index is 11.2. The van der Waals surface area contributed by atoms with E-state index in [1.54, 1.807) is 6.20 Å². The van der Waals surface area contributed by atoms with Crippen LogP contribution >= 0.6 is 0 Å². The topological polar surface area (TPSA) is 67.2 Å². The van der Waals surface area contributed by atoms with Crippen LogP contribution in [0.25, 0.3) is 0 Å². The summed E-state index contributed by atoms with van der Waals surface area (Å²) in [6.45, 7) is 8.86. The van der Waals surface area contributed by atoms with E-state index < -0.39 is 12.0 Å². The highest BCUT2D eigenvalue weighted by Crippen LogP contribution is 2.14. The van der Waals surface area contributed by atoms with Crippen molar-refractivity contribution in [2.45, 2.75) is 52.7 Å². The molecule has 0 aliphatic rings. The fourth-order valence-corrected chi connectivity index (χ4v) is 1.89. The van der Waals surface area contributed by atoms with Gasteiger partial charge in [0.1, 0.15) is 6.04 Å². The predicted octanol–water partition coefficient (Wildman–Crippen LogP) is 2.05. The molecule has 0 saturated carbocycles. The van der Waals surface area contributed by atoms with Gasteiger partial charge in [0.2, 0.25) is 0 Å².